The molecule has 0 saturated heterocycles. The van der Waals surface area contributed by atoms with Crippen LogP contribution in [0.4, 0.5) is 0 Å². The Morgan fingerprint density at radius 3 is 1.62 bits per heavy atom. The van der Waals surface area contributed by atoms with E-state index in [2.05, 4.69) is 143 Å². The van der Waals surface area contributed by atoms with Gasteiger partial charge < -0.3 is 4.57 Å². The highest BCUT2D eigenvalue weighted by Gasteiger charge is 2.21. The maximum Gasteiger partial charge on any atom is 0.164 e. The Kier molecular flexibility index (Phi) is 7.74. The Bertz CT molecular complexity index is 3460. The van der Waals surface area contributed by atoms with Gasteiger partial charge in [0.2, 0.25) is 0 Å². The van der Waals surface area contributed by atoms with E-state index >= 15 is 0 Å². The van der Waals surface area contributed by atoms with Crippen LogP contribution in [0.2, 0.25) is 0 Å². The first-order valence-electron chi connectivity index (χ1n) is 20.1. The van der Waals surface area contributed by atoms with Gasteiger partial charge in [-0.2, -0.15) is 0 Å². The van der Waals surface area contributed by atoms with Crippen molar-refractivity contribution in [2.45, 2.75) is 0 Å². The maximum absolute atomic E-state index is 5.06. The van der Waals surface area contributed by atoms with Crippen molar-refractivity contribution in [1.82, 2.24) is 29.1 Å². The fourth-order valence-corrected chi connectivity index (χ4v) is 8.80. The van der Waals surface area contributed by atoms with Crippen LogP contribution >= 0.6 is 0 Å². The van der Waals surface area contributed by atoms with E-state index in [4.69, 9.17) is 19.9 Å². The molecule has 12 rings (SSSR count). The fourth-order valence-electron chi connectivity index (χ4n) is 8.80. The van der Waals surface area contributed by atoms with Crippen LogP contribution in [-0.4, -0.2) is 29.1 Å². The molecular weight excluding hydrogens is 733 g/mol. The van der Waals surface area contributed by atoms with E-state index in [1.165, 1.54) is 27.1 Å². The monoisotopic (exact) mass is 766 g/mol. The molecule has 0 atom stereocenters. The molecule has 3 aromatic heterocycles. The van der Waals surface area contributed by atoms with Gasteiger partial charge in [0.25, 0.3) is 0 Å². The second-order valence-corrected chi connectivity index (χ2v) is 15.1. The Morgan fingerprint density at radius 2 is 0.900 bits per heavy atom. The molecule has 12 aromatic rings. The van der Waals surface area contributed by atoms with Gasteiger partial charge in [-0.1, -0.05) is 158 Å². The molecule has 0 aliphatic heterocycles. The largest absolute Gasteiger partial charge is 0.309 e. The lowest BCUT2D eigenvalue weighted by Crippen LogP contribution is -2.01. The fraction of sp³-hybridized carbons (Fsp3) is 0. The van der Waals surface area contributed by atoms with Gasteiger partial charge in [-0.15, -0.1) is 0 Å². The molecule has 60 heavy (non-hydrogen) atoms. The number of rotatable bonds is 7. The van der Waals surface area contributed by atoms with Gasteiger partial charge in [0.15, 0.2) is 17.5 Å². The van der Waals surface area contributed by atoms with Crippen molar-refractivity contribution < 1.29 is 0 Å². The lowest BCUT2D eigenvalue weighted by Gasteiger charge is -2.13. The third-order valence-corrected chi connectivity index (χ3v) is 11.6. The highest BCUT2D eigenvalue weighted by atomic mass is 15.1. The molecule has 0 aliphatic rings. The van der Waals surface area contributed by atoms with Crippen molar-refractivity contribution in [3.63, 3.8) is 0 Å². The van der Waals surface area contributed by atoms with Gasteiger partial charge in [-0.05, 0) is 70.4 Å². The zero-order valence-corrected chi connectivity index (χ0v) is 32.3. The number of benzene rings is 9. The molecule has 0 N–H and O–H groups in total. The number of imidazole rings is 1. The van der Waals surface area contributed by atoms with Crippen molar-refractivity contribution in [3.8, 4) is 68.1 Å². The molecule has 6 nitrogen and oxygen atoms in total. The van der Waals surface area contributed by atoms with E-state index in [0.29, 0.717) is 17.5 Å². The maximum atomic E-state index is 5.06. The number of hydrogen-bond donors (Lipinski definition) is 0. The molecule has 0 radical (unpaired) electrons. The molecule has 9 aromatic carbocycles. The Balaban J connectivity index is 0.985. The average molecular weight is 767 g/mol. The summed E-state index contributed by atoms with van der Waals surface area (Å²) in [5.74, 6) is 2.84. The van der Waals surface area contributed by atoms with Gasteiger partial charge in [0, 0.05) is 44.4 Å². The number of nitrogens with zero attached hydrogens (tertiary/aromatic N) is 6. The van der Waals surface area contributed by atoms with Crippen molar-refractivity contribution >= 4 is 43.6 Å². The molecule has 0 spiro atoms. The van der Waals surface area contributed by atoms with Gasteiger partial charge >= 0.3 is 0 Å². The lowest BCUT2D eigenvalue weighted by molar-refractivity contribution is 1.07. The van der Waals surface area contributed by atoms with E-state index < -0.39 is 0 Å². The van der Waals surface area contributed by atoms with Gasteiger partial charge in [0.05, 0.1) is 22.1 Å². The first kappa shape index (κ1) is 33.9. The van der Waals surface area contributed by atoms with Gasteiger partial charge in [-0.25, -0.2) is 19.9 Å². The van der Waals surface area contributed by atoms with Crippen LogP contribution in [0.25, 0.3) is 112 Å². The van der Waals surface area contributed by atoms with E-state index in [0.717, 1.165) is 67.1 Å². The van der Waals surface area contributed by atoms with Crippen LogP contribution < -0.4 is 0 Å². The zero-order valence-electron chi connectivity index (χ0n) is 32.3. The number of fused-ring (bicyclic) bond motifs is 1. The normalized spacial score (nSPS) is 11.7. The van der Waals surface area contributed by atoms with Crippen LogP contribution in [0, 0.1) is 0 Å². The SMILES string of the molecule is c1ccc(-c2nc(-c3ccccc3)nc(-c3cccc(-n4c5cccc6ccc7c(-c8ccc(-n9c(-c%10ccccc%10)nc%10ccccc%109)cc8)ccc4c7c65)c3)n2)cc1. The topological polar surface area (TPSA) is 61.4 Å². The van der Waals surface area contributed by atoms with E-state index in [9.17, 15) is 0 Å². The highest BCUT2D eigenvalue weighted by molar-refractivity contribution is 6.26. The second-order valence-electron chi connectivity index (χ2n) is 15.1. The van der Waals surface area contributed by atoms with Gasteiger partial charge in [-0.3, -0.25) is 4.57 Å². The standard InChI is InChI=1S/C54H34N6/c1-4-14-37(15-5-1)51-56-52(38-16-6-2-7-17-38)58-53(57-51)40-21-12-22-42(34-40)59-47-25-13-20-36-28-31-44-43(32-33-48(59)50(44)49(36)47)35-26-29-41(30-27-35)60-46-24-11-10-23-45(46)55-54(60)39-18-8-3-9-19-39/h1-34H. The molecule has 0 aliphatic carbocycles. The van der Waals surface area contributed by atoms with Crippen LogP contribution in [0.15, 0.2) is 206 Å². The highest BCUT2D eigenvalue weighted by Crippen LogP contribution is 2.43. The Morgan fingerprint density at radius 1 is 0.317 bits per heavy atom. The minimum absolute atomic E-state index is 0.628. The van der Waals surface area contributed by atoms with Crippen molar-refractivity contribution in [2.24, 2.45) is 0 Å². The molecule has 0 bridgehead atoms. The predicted molar refractivity (Wildman–Crippen MR) is 245 cm³/mol. The summed E-state index contributed by atoms with van der Waals surface area (Å²) < 4.78 is 4.64. The van der Waals surface area contributed by atoms with Crippen molar-refractivity contribution in [3.05, 3.63) is 206 Å². The smallest absolute Gasteiger partial charge is 0.164 e. The van der Waals surface area contributed by atoms with E-state index in [1.807, 2.05) is 72.8 Å². The van der Waals surface area contributed by atoms with Crippen LogP contribution in [0.5, 0.6) is 0 Å². The second kappa shape index (κ2) is 13.7. The minimum atomic E-state index is 0.628. The van der Waals surface area contributed by atoms with Crippen LogP contribution in [-0.2, 0) is 0 Å². The molecular formula is C54H34N6. The number of para-hydroxylation sites is 2. The molecule has 6 heteroatoms. The number of aromatic nitrogens is 6. The summed E-state index contributed by atoms with van der Waals surface area (Å²) in [6, 6.07) is 72.1. The first-order valence-corrected chi connectivity index (χ1v) is 20.1. The average Bonchev–Trinajstić information content (AvgIpc) is 3.89. The summed E-state index contributed by atoms with van der Waals surface area (Å²) in [7, 11) is 0. The quantitative estimate of drug-likeness (QED) is 0.152. The third kappa shape index (κ3) is 5.50. The van der Waals surface area contributed by atoms with E-state index in [1.54, 1.807) is 0 Å². The van der Waals surface area contributed by atoms with Crippen LogP contribution in [0.1, 0.15) is 0 Å². The molecule has 0 unspecified atom stereocenters. The third-order valence-electron chi connectivity index (χ3n) is 11.6. The summed E-state index contributed by atoms with van der Waals surface area (Å²) in [5, 5.41) is 4.93. The van der Waals surface area contributed by atoms with Crippen molar-refractivity contribution in [2.75, 3.05) is 0 Å². The molecule has 0 fully saturated rings. The Labute approximate surface area is 345 Å². The molecule has 3 heterocycles. The molecule has 280 valence electrons. The first-order chi connectivity index (χ1) is 29.7. The molecule has 0 saturated carbocycles. The number of hydrogen-bond acceptors (Lipinski definition) is 4. The van der Waals surface area contributed by atoms with E-state index in [-0.39, 0.29) is 0 Å². The summed E-state index contributed by atoms with van der Waals surface area (Å²) in [6.45, 7) is 0. The minimum Gasteiger partial charge on any atom is -0.309 e. The lowest BCUT2D eigenvalue weighted by atomic mass is 9.94. The zero-order chi connectivity index (χ0) is 39.6. The summed E-state index contributed by atoms with van der Waals surface area (Å²) in [5.41, 5.74) is 12.7. The Hall–Kier alpha value is -8.22. The molecule has 0 amide bonds. The predicted octanol–water partition coefficient (Wildman–Crippen LogP) is 13.2. The summed E-state index contributed by atoms with van der Waals surface area (Å²) in [4.78, 5) is 20.1. The van der Waals surface area contributed by atoms with Crippen molar-refractivity contribution in [1.29, 1.82) is 0 Å². The summed E-state index contributed by atoms with van der Waals surface area (Å²) >= 11 is 0. The summed E-state index contributed by atoms with van der Waals surface area (Å²) in [6.07, 6.45) is 0. The van der Waals surface area contributed by atoms with Crippen LogP contribution in [0.3, 0.4) is 0 Å². The van der Waals surface area contributed by atoms with Gasteiger partial charge in [0.1, 0.15) is 5.82 Å².